The van der Waals surface area contributed by atoms with Crippen molar-refractivity contribution in [3.63, 3.8) is 0 Å². The number of aromatic amines is 1. The van der Waals surface area contributed by atoms with Gasteiger partial charge in [-0.3, -0.25) is 0 Å². The fourth-order valence-corrected chi connectivity index (χ4v) is 2.90. The van der Waals surface area contributed by atoms with Crippen LogP contribution in [0.4, 0.5) is 23.4 Å². The lowest BCUT2D eigenvalue weighted by molar-refractivity contribution is -0.275. The highest BCUT2D eigenvalue weighted by molar-refractivity contribution is 5.79. The van der Waals surface area contributed by atoms with Crippen molar-refractivity contribution in [2.24, 2.45) is 0 Å². The third kappa shape index (κ3) is 4.45. The first-order chi connectivity index (χ1) is 15.2. The van der Waals surface area contributed by atoms with E-state index in [4.69, 9.17) is 15.2 Å². The Bertz CT molecular complexity index is 1280. The molecule has 0 spiro atoms. The zero-order chi connectivity index (χ0) is 22.9. The second kappa shape index (κ2) is 8.17. The standard InChI is InChI=1S/C19H14F4N6O3/c1-30-16-5-11(12(20)7-25-16)9-2-3-10(13(4-9)32-19(21,22)23)8-31-14-6-15(24)26-18-17(14)27-29-28-18/h2-7H,8H2,1H3,(H3,24,26,27,28,29). The van der Waals surface area contributed by atoms with E-state index in [1.807, 2.05) is 0 Å². The van der Waals surface area contributed by atoms with Gasteiger partial charge in [-0.05, 0) is 11.6 Å². The van der Waals surface area contributed by atoms with E-state index in [1.54, 1.807) is 0 Å². The van der Waals surface area contributed by atoms with Crippen molar-refractivity contribution >= 4 is 17.0 Å². The van der Waals surface area contributed by atoms with Crippen LogP contribution in [-0.2, 0) is 6.61 Å². The average Bonchev–Trinajstić information content (AvgIpc) is 3.20. The monoisotopic (exact) mass is 450 g/mol. The molecule has 0 unspecified atom stereocenters. The van der Waals surface area contributed by atoms with Crippen molar-refractivity contribution in [1.29, 1.82) is 0 Å². The fraction of sp³-hybridized carbons (Fsp3) is 0.158. The van der Waals surface area contributed by atoms with E-state index < -0.39 is 17.9 Å². The number of aromatic nitrogens is 5. The summed E-state index contributed by atoms with van der Waals surface area (Å²) in [6.45, 7) is -0.334. The predicted molar refractivity (Wildman–Crippen MR) is 103 cm³/mol. The molecule has 0 aliphatic rings. The smallest absolute Gasteiger partial charge is 0.486 e. The number of methoxy groups -OCH3 is 1. The molecule has 0 bridgehead atoms. The van der Waals surface area contributed by atoms with E-state index in [9.17, 15) is 17.6 Å². The summed E-state index contributed by atoms with van der Waals surface area (Å²) in [5.74, 6) is -0.963. The van der Waals surface area contributed by atoms with Crippen LogP contribution in [0.2, 0.25) is 0 Å². The highest BCUT2D eigenvalue weighted by Crippen LogP contribution is 2.34. The number of nitrogens with zero attached hydrogens (tertiary/aromatic N) is 4. The van der Waals surface area contributed by atoms with Crippen molar-refractivity contribution in [1.82, 2.24) is 25.4 Å². The summed E-state index contributed by atoms with van der Waals surface area (Å²) in [6, 6.07) is 6.43. The molecule has 0 fully saturated rings. The topological polar surface area (TPSA) is 121 Å². The van der Waals surface area contributed by atoms with Gasteiger partial charge in [-0.25, -0.2) is 14.4 Å². The Morgan fingerprint density at radius 2 is 1.91 bits per heavy atom. The van der Waals surface area contributed by atoms with Gasteiger partial charge in [0.25, 0.3) is 0 Å². The molecule has 4 aromatic rings. The van der Waals surface area contributed by atoms with Crippen LogP contribution >= 0.6 is 0 Å². The molecule has 4 rings (SSSR count). The van der Waals surface area contributed by atoms with Crippen molar-refractivity contribution in [2.45, 2.75) is 13.0 Å². The number of H-pyrrole nitrogens is 1. The molecular formula is C19H14F4N6O3. The summed E-state index contributed by atoms with van der Waals surface area (Å²) in [5.41, 5.74) is 6.28. The highest BCUT2D eigenvalue weighted by Gasteiger charge is 2.32. The van der Waals surface area contributed by atoms with Gasteiger partial charge < -0.3 is 19.9 Å². The first kappa shape index (κ1) is 21.1. The predicted octanol–water partition coefficient (Wildman–Crippen LogP) is 3.62. The minimum absolute atomic E-state index is 0.0115. The Morgan fingerprint density at radius 1 is 1.09 bits per heavy atom. The molecule has 3 aromatic heterocycles. The number of nitrogens with two attached hydrogens (primary N) is 1. The minimum Gasteiger partial charge on any atom is -0.486 e. The maximum absolute atomic E-state index is 14.2. The van der Waals surface area contributed by atoms with Crippen LogP contribution in [0.5, 0.6) is 17.4 Å². The van der Waals surface area contributed by atoms with E-state index in [-0.39, 0.29) is 51.9 Å². The minimum atomic E-state index is -4.98. The maximum Gasteiger partial charge on any atom is 0.573 e. The van der Waals surface area contributed by atoms with Gasteiger partial charge in [0.15, 0.2) is 11.3 Å². The number of ether oxygens (including phenoxy) is 3. The molecule has 32 heavy (non-hydrogen) atoms. The number of pyridine rings is 2. The highest BCUT2D eigenvalue weighted by atomic mass is 19.4. The van der Waals surface area contributed by atoms with E-state index in [1.165, 1.54) is 31.4 Å². The van der Waals surface area contributed by atoms with Crippen LogP contribution < -0.4 is 19.9 Å². The molecule has 3 N–H and O–H groups in total. The second-order valence-electron chi connectivity index (χ2n) is 6.41. The lowest BCUT2D eigenvalue weighted by Crippen LogP contribution is -2.18. The quantitative estimate of drug-likeness (QED) is 0.427. The van der Waals surface area contributed by atoms with Crippen LogP contribution in [0, 0.1) is 5.82 Å². The zero-order valence-corrected chi connectivity index (χ0v) is 16.3. The van der Waals surface area contributed by atoms with Crippen LogP contribution in [0.15, 0.2) is 36.5 Å². The Hall–Kier alpha value is -4.16. The third-order valence-electron chi connectivity index (χ3n) is 4.30. The molecule has 13 heteroatoms. The zero-order valence-electron chi connectivity index (χ0n) is 16.3. The fourth-order valence-electron chi connectivity index (χ4n) is 2.90. The summed E-state index contributed by atoms with van der Waals surface area (Å²) >= 11 is 0. The molecule has 0 aliphatic carbocycles. The van der Waals surface area contributed by atoms with Crippen molar-refractivity contribution in [3.8, 4) is 28.5 Å². The molecule has 0 aliphatic heterocycles. The molecule has 166 valence electrons. The Balaban J connectivity index is 1.69. The van der Waals surface area contributed by atoms with Crippen LogP contribution in [0.1, 0.15) is 5.56 Å². The summed E-state index contributed by atoms with van der Waals surface area (Å²) in [7, 11) is 1.33. The maximum atomic E-state index is 14.2. The third-order valence-corrected chi connectivity index (χ3v) is 4.30. The van der Waals surface area contributed by atoms with Crippen molar-refractivity contribution < 1.29 is 31.8 Å². The van der Waals surface area contributed by atoms with Gasteiger partial charge >= 0.3 is 6.36 Å². The summed E-state index contributed by atoms with van der Waals surface area (Å²) in [6.07, 6.45) is -4.07. The molecular weight excluding hydrogens is 436 g/mol. The van der Waals surface area contributed by atoms with E-state index in [2.05, 4.69) is 30.1 Å². The first-order valence-corrected chi connectivity index (χ1v) is 8.92. The summed E-state index contributed by atoms with van der Waals surface area (Å²) in [4.78, 5) is 7.67. The van der Waals surface area contributed by atoms with Crippen molar-refractivity contribution in [3.05, 3.63) is 47.9 Å². The van der Waals surface area contributed by atoms with Crippen LogP contribution in [0.25, 0.3) is 22.3 Å². The van der Waals surface area contributed by atoms with E-state index in [0.29, 0.717) is 0 Å². The van der Waals surface area contributed by atoms with Gasteiger partial charge in [0.1, 0.15) is 24.0 Å². The number of rotatable bonds is 6. The van der Waals surface area contributed by atoms with Gasteiger partial charge in [0.05, 0.1) is 13.3 Å². The van der Waals surface area contributed by atoms with Gasteiger partial charge in [0.2, 0.25) is 11.5 Å². The first-order valence-electron chi connectivity index (χ1n) is 8.92. The normalized spacial score (nSPS) is 11.5. The van der Waals surface area contributed by atoms with E-state index >= 15 is 0 Å². The number of hydrogen-bond acceptors (Lipinski definition) is 8. The lowest BCUT2D eigenvalue weighted by Gasteiger charge is -2.16. The number of alkyl halides is 3. The van der Waals surface area contributed by atoms with Gasteiger partial charge in [-0.15, -0.1) is 18.3 Å². The number of benzene rings is 1. The Labute approximate surface area is 177 Å². The molecule has 0 amide bonds. The number of hydrogen-bond donors (Lipinski definition) is 2. The van der Waals surface area contributed by atoms with Gasteiger partial charge in [-0.1, -0.05) is 12.1 Å². The molecule has 9 nitrogen and oxygen atoms in total. The summed E-state index contributed by atoms with van der Waals surface area (Å²) < 4.78 is 68.0. The summed E-state index contributed by atoms with van der Waals surface area (Å²) in [5, 5.41) is 10.0. The molecule has 3 heterocycles. The lowest BCUT2D eigenvalue weighted by atomic mass is 10.0. The van der Waals surface area contributed by atoms with Crippen LogP contribution in [-0.4, -0.2) is 38.9 Å². The van der Waals surface area contributed by atoms with Gasteiger partial charge in [-0.2, -0.15) is 10.3 Å². The molecule has 1 aromatic carbocycles. The average molecular weight is 450 g/mol. The number of nitrogens with one attached hydrogen (secondary N) is 1. The SMILES string of the molecule is COc1cc(-c2ccc(COc3cc(N)nc4n[nH]nc34)c(OC(F)(F)F)c2)c(F)cn1. The molecule has 0 atom stereocenters. The molecule has 0 saturated heterocycles. The van der Waals surface area contributed by atoms with Crippen molar-refractivity contribution in [2.75, 3.05) is 12.8 Å². The Kier molecular flexibility index (Phi) is 5.38. The van der Waals surface area contributed by atoms with Crippen LogP contribution in [0.3, 0.4) is 0 Å². The Morgan fingerprint density at radius 3 is 2.66 bits per heavy atom. The second-order valence-corrected chi connectivity index (χ2v) is 6.41. The van der Waals surface area contributed by atoms with E-state index in [0.717, 1.165) is 12.3 Å². The number of fused-ring (bicyclic) bond motifs is 1. The molecule has 0 radical (unpaired) electrons. The number of nitrogen functional groups attached to an aromatic ring is 1. The number of anilines is 1. The largest absolute Gasteiger partial charge is 0.573 e. The number of halogens is 4. The van der Waals surface area contributed by atoms with Gasteiger partial charge in [0, 0.05) is 23.3 Å². The molecule has 0 saturated carbocycles.